The Morgan fingerprint density at radius 2 is 1.74 bits per heavy atom. The van der Waals surface area contributed by atoms with Crippen LogP contribution in [0.3, 0.4) is 0 Å². The van der Waals surface area contributed by atoms with Crippen LogP contribution in [0, 0.1) is 0 Å². The highest BCUT2D eigenvalue weighted by Gasteiger charge is 2.28. The average molecular weight is 389 g/mol. The molecule has 27 heavy (non-hydrogen) atoms. The van der Waals surface area contributed by atoms with Crippen molar-refractivity contribution in [3.63, 3.8) is 0 Å². The molecule has 3 rings (SSSR count). The van der Waals surface area contributed by atoms with E-state index in [1.807, 2.05) is 39.2 Å². The van der Waals surface area contributed by atoms with E-state index in [1.54, 1.807) is 4.90 Å². The summed E-state index contributed by atoms with van der Waals surface area (Å²) in [5, 5.41) is 0. The van der Waals surface area contributed by atoms with Gasteiger partial charge in [-0.25, -0.2) is 14.8 Å². The first-order chi connectivity index (χ1) is 12.6. The lowest BCUT2D eigenvalue weighted by Gasteiger charge is -2.36. The van der Waals surface area contributed by atoms with Crippen molar-refractivity contribution in [2.24, 2.45) is 0 Å². The molecule has 3 heterocycles. The Morgan fingerprint density at radius 3 is 2.26 bits per heavy atom. The summed E-state index contributed by atoms with van der Waals surface area (Å²) in [6.45, 7) is 14.0. The number of carbonyl (C=O) groups excluding carboxylic acids is 1. The number of ether oxygens (including phenoxy) is 1. The average Bonchev–Trinajstić information content (AvgIpc) is 2.61. The van der Waals surface area contributed by atoms with Gasteiger partial charge in [-0.05, 0) is 44.9 Å². The van der Waals surface area contributed by atoms with Crippen LogP contribution in [0.15, 0.2) is 18.5 Å². The topological polar surface area (TPSA) is 58.6 Å². The van der Waals surface area contributed by atoms with Gasteiger partial charge in [-0.2, -0.15) is 0 Å². The third-order valence-corrected chi connectivity index (χ3v) is 8.42. The van der Waals surface area contributed by atoms with Crippen molar-refractivity contribution in [2.45, 2.75) is 58.0 Å². The van der Waals surface area contributed by atoms with Gasteiger partial charge in [-0.15, -0.1) is 0 Å². The molecule has 1 fully saturated rings. The second-order valence-electron chi connectivity index (χ2n) is 9.32. The van der Waals surface area contributed by atoms with Crippen molar-refractivity contribution >= 4 is 25.4 Å². The van der Waals surface area contributed by atoms with Gasteiger partial charge in [0.1, 0.15) is 5.60 Å². The van der Waals surface area contributed by atoms with E-state index in [4.69, 9.17) is 4.74 Å². The van der Waals surface area contributed by atoms with Crippen LogP contribution in [0.4, 0.5) is 10.5 Å². The number of carbonyl (C=O) groups is 1. The molecule has 0 saturated carbocycles. The molecule has 7 heteroatoms. The normalized spacial score (nSPS) is 20.3. The minimum atomic E-state index is -0.968. The third kappa shape index (κ3) is 5.31. The Morgan fingerprint density at radius 1 is 1.11 bits per heavy atom. The summed E-state index contributed by atoms with van der Waals surface area (Å²) in [5.41, 5.74) is 1.76. The van der Waals surface area contributed by atoms with Gasteiger partial charge in [0.05, 0.1) is 26.2 Å². The van der Waals surface area contributed by atoms with Gasteiger partial charge in [0.15, 0.2) is 5.82 Å². The van der Waals surface area contributed by atoms with E-state index in [-0.39, 0.29) is 6.09 Å². The Labute approximate surface area is 163 Å². The van der Waals surface area contributed by atoms with Crippen molar-refractivity contribution < 1.29 is 9.53 Å². The number of amides is 1. The second kappa shape index (κ2) is 7.62. The molecule has 0 radical (unpaired) electrons. The predicted molar refractivity (Wildman–Crippen MR) is 112 cm³/mol. The zero-order chi connectivity index (χ0) is 19.7. The smallest absolute Gasteiger partial charge is 0.410 e. The zero-order valence-electron chi connectivity index (χ0n) is 17.3. The van der Waals surface area contributed by atoms with Crippen LogP contribution in [0.5, 0.6) is 0 Å². The molecule has 148 valence electrons. The maximum atomic E-state index is 12.2. The van der Waals surface area contributed by atoms with Gasteiger partial charge in [0, 0.05) is 26.2 Å². The minimum Gasteiger partial charge on any atom is -0.444 e. The molecule has 0 N–H and O–H groups in total. The molecule has 2 aliphatic rings. The lowest BCUT2D eigenvalue weighted by atomic mass is 10.1. The summed E-state index contributed by atoms with van der Waals surface area (Å²) in [6.07, 6.45) is 6.43. The minimum absolute atomic E-state index is 0.259. The molecule has 1 aromatic heterocycles. The molecule has 0 bridgehead atoms. The van der Waals surface area contributed by atoms with Crippen LogP contribution >= 0.6 is 0 Å². The predicted octanol–water partition coefficient (Wildman–Crippen LogP) is 4.03. The Balaban J connectivity index is 1.59. The summed E-state index contributed by atoms with van der Waals surface area (Å²) in [4.78, 5) is 25.5. The van der Waals surface area contributed by atoms with Crippen LogP contribution < -0.4 is 4.90 Å². The molecular weight excluding hydrogens is 356 g/mol. The fourth-order valence-corrected chi connectivity index (χ4v) is 5.39. The number of hydrogen-bond acceptors (Lipinski definition) is 5. The SMILES string of the molecule is CC(C)(C)OC(=O)N1CC=C(c2ncc(N3CC[Si](C)(C)CC3)cn2)CC1. The second-order valence-corrected chi connectivity index (χ2v) is 14.7. The zero-order valence-corrected chi connectivity index (χ0v) is 18.3. The summed E-state index contributed by atoms with van der Waals surface area (Å²) in [7, 11) is -0.968. The number of aromatic nitrogens is 2. The molecule has 6 nitrogen and oxygen atoms in total. The fraction of sp³-hybridized carbons (Fsp3) is 0.650. The first-order valence-electron chi connectivity index (χ1n) is 9.87. The van der Waals surface area contributed by atoms with Crippen LogP contribution in [-0.4, -0.2) is 60.8 Å². The molecule has 0 aromatic carbocycles. The van der Waals surface area contributed by atoms with Crippen molar-refractivity contribution in [1.29, 1.82) is 0 Å². The highest BCUT2D eigenvalue weighted by molar-refractivity contribution is 6.77. The van der Waals surface area contributed by atoms with Crippen molar-refractivity contribution in [1.82, 2.24) is 14.9 Å². The number of hydrogen-bond donors (Lipinski definition) is 0. The Kier molecular flexibility index (Phi) is 5.60. The summed E-state index contributed by atoms with van der Waals surface area (Å²) < 4.78 is 5.44. The van der Waals surface area contributed by atoms with Crippen LogP contribution in [0.25, 0.3) is 5.57 Å². The molecule has 0 unspecified atom stereocenters. The highest BCUT2D eigenvalue weighted by atomic mass is 28.3. The third-order valence-electron chi connectivity index (χ3n) is 5.27. The molecule has 1 aromatic rings. The summed E-state index contributed by atoms with van der Waals surface area (Å²) in [5.74, 6) is 0.773. The van der Waals surface area contributed by atoms with E-state index in [1.165, 1.54) is 12.1 Å². The highest BCUT2D eigenvalue weighted by Crippen LogP contribution is 2.27. The fourth-order valence-electron chi connectivity index (χ4n) is 3.39. The Hall–Kier alpha value is -1.89. The number of anilines is 1. The Bertz CT molecular complexity index is 700. The lowest BCUT2D eigenvalue weighted by Crippen LogP contribution is -2.42. The van der Waals surface area contributed by atoms with E-state index < -0.39 is 13.7 Å². The van der Waals surface area contributed by atoms with E-state index in [9.17, 15) is 4.79 Å². The van der Waals surface area contributed by atoms with E-state index in [0.29, 0.717) is 13.1 Å². The van der Waals surface area contributed by atoms with Gasteiger partial charge < -0.3 is 14.5 Å². The van der Waals surface area contributed by atoms with Crippen LogP contribution in [0.2, 0.25) is 25.2 Å². The van der Waals surface area contributed by atoms with E-state index in [2.05, 4.69) is 28.0 Å². The van der Waals surface area contributed by atoms with Crippen LogP contribution in [-0.2, 0) is 4.74 Å². The summed E-state index contributed by atoms with van der Waals surface area (Å²) >= 11 is 0. The molecule has 1 saturated heterocycles. The molecule has 0 aliphatic carbocycles. The molecule has 2 aliphatic heterocycles. The monoisotopic (exact) mass is 388 g/mol. The molecule has 0 spiro atoms. The van der Waals surface area contributed by atoms with Crippen molar-refractivity contribution in [3.8, 4) is 0 Å². The van der Waals surface area contributed by atoms with Gasteiger partial charge in [0.25, 0.3) is 0 Å². The maximum Gasteiger partial charge on any atom is 0.410 e. The molecular formula is C20H32N4O2Si. The summed E-state index contributed by atoms with van der Waals surface area (Å²) in [6, 6.07) is 2.67. The van der Waals surface area contributed by atoms with E-state index in [0.717, 1.165) is 36.6 Å². The first-order valence-corrected chi connectivity index (χ1v) is 13.3. The van der Waals surface area contributed by atoms with Gasteiger partial charge >= 0.3 is 6.09 Å². The van der Waals surface area contributed by atoms with Crippen molar-refractivity contribution in [2.75, 3.05) is 31.1 Å². The van der Waals surface area contributed by atoms with Gasteiger partial charge in [0.2, 0.25) is 0 Å². The first kappa shape index (κ1) is 19.9. The molecule has 0 atom stereocenters. The largest absolute Gasteiger partial charge is 0.444 e. The maximum absolute atomic E-state index is 12.2. The number of rotatable bonds is 2. The van der Waals surface area contributed by atoms with Gasteiger partial charge in [-0.1, -0.05) is 19.2 Å². The van der Waals surface area contributed by atoms with Crippen LogP contribution in [0.1, 0.15) is 33.0 Å². The molecule has 1 amide bonds. The van der Waals surface area contributed by atoms with Crippen molar-refractivity contribution in [3.05, 3.63) is 24.3 Å². The number of nitrogens with zero attached hydrogens (tertiary/aromatic N) is 4. The lowest BCUT2D eigenvalue weighted by molar-refractivity contribution is 0.0270. The van der Waals surface area contributed by atoms with Gasteiger partial charge in [-0.3, -0.25) is 0 Å². The standard InChI is InChI=1S/C20H32N4O2Si/c1-20(2,3)26-19(25)24-8-6-16(7-9-24)18-21-14-17(15-22-18)23-10-12-27(4,5)13-11-23/h6,14-15H,7-13H2,1-5H3. The quantitative estimate of drug-likeness (QED) is 0.716. The van der Waals surface area contributed by atoms with E-state index >= 15 is 0 Å².